The van der Waals surface area contributed by atoms with E-state index in [1.807, 2.05) is 0 Å². The Bertz CT molecular complexity index is 135. The van der Waals surface area contributed by atoms with Gasteiger partial charge in [-0.25, -0.2) is 0 Å². The molecular weight excluding hydrogens is 188 g/mol. The van der Waals surface area contributed by atoms with Crippen LogP contribution in [0, 0.1) is 0 Å². The second-order valence-electron chi connectivity index (χ2n) is 2.80. The lowest BCUT2D eigenvalue weighted by Crippen LogP contribution is -2.29. The molecule has 14 heavy (non-hydrogen) atoms. The highest BCUT2D eigenvalue weighted by Crippen LogP contribution is 1.93. The summed E-state index contributed by atoms with van der Waals surface area (Å²) in [4.78, 5) is 0. The van der Waals surface area contributed by atoms with Crippen molar-refractivity contribution in [2.75, 3.05) is 33.0 Å². The molecule has 0 aromatic rings. The molecule has 0 bridgehead atoms. The third-order valence-electron chi connectivity index (χ3n) is 1.48. The van der Waals surface area contributed by atoms with Crippen LogP contribution >= 0.6 is 0 Å². The van der Waals surface area contributed by atoms with E-state index < -0.39 is 12.2 Å². The van der Waals surface area contributed by atoms with Crippen LogP contribution in [0.25, 0.3) is 0 Å². The smallest absolute Gasteiger partial charge is 0.104 e. The Morgan fingerprint density at radius 2 is 1.86 bits per heavy atom. The van der Waals surface area contributed by atoms with Gasteiger partial charge in [-0.15, -0.1) is 6.58 Å². The van der Waals surface area contributed by atoms with Crippen molar-refractivity contribution in [2.45, 2.75) is 12.2 Å². The Labute approximate surface area is 83.6 Å². The lowest BCUT2D eigenvalue weighted by atomic mass is 10.3. The van der Waals surface area contributed by atoms with Gasteiger partial charge in [0.1, 0.15) is 12.2 Å². The molecule has 1 atom stereocenters. The van der Waals surface area contributed by atoms with E-state index >= 15 is 0 Å². The Kier molecular flexibility index (Phi) is 8.81. The minimum absolute atomic E-state index is 0.0307. The van der Waals surface area contributed by atoms with Gasteiger partial charge in [0.2, 0.25) is 0 Å². The van der Waals surface area contributed by atoms with Gasteiger partial charge in [-0.05, 0) is 0 Å². The van der Waals surface area contributed by atoms with Crippen molar-refractivity contribution in [2.24, 2.45) is 0 Å². The predicted molar refractivity (Wildman–Crippen MR) is 50.9 cm³/mol. The summed E-state index contributed by atoms with van der Waals surface area (Å²) in [6, 6.07) is 0. The summed E-state index contributed by atoms with van der Waals surface area (Å²) in [6.07, 6.45) is 0.192. The molecule has 0 aliphatic rings. The zero-order chi connectivity index (χ0) is 10.8. The van der Waals surface area contributed by atoms with Crippen LogP contribution in [-0.4, -0.2) is 60.6 Å². The van der Waals surface area contributed by atoms with Crippen molar-refractivity contribution in [3.63, 3.8) is 0 Å². The Morgan fingerprint density at radius 1 is 1.21 bits per heavy atom. The third-order valence-corrected chi connectivity index (χ3v) is 1.48. The monoisotopic (exact) mass is 206 g/mol. The highest BCUT2D eigenvalue weighted by atomic mass is 16.5. The molecule has 0 aliphatic carbocycles. The summed E-state index contributed by atoms with van der Waals surface area (Å²) in [5.41, 5.74) is 0. The first-order valence-electron chi connectivity index (χ1n) is 4.44. The first-order valence-corrected chi connectivity index (χ1v) is 4.44. The van der Waals surface area contributed by atoms with Gasteiger partial charge in [0.05, 0.1) is 33.0 Å². The molecule has 5 nitrogen and oxygen atoms in total. The minimum Gasteiger partial charge on any atom is -0.394 e. The van der Waals surface area contributed by atoms with Gasteiger partial charge in [0.25, 0.3) is 0 Å². The number of hydrogen-bond acceptors (Lipinski definition) is 5. The lowest BCUT2D eigenvalue weighted by Gasteiger charge is -2.15. The fourth-order valence-electron chi connectivity index (χ4n) is 0.746. The SMILES string of the molecule is C=CCOCC(O)COC(CO)CO. The Balaban J connectivity index is 3.41. The molecular formula is C9H18O5. The zero-order valence-electron chi connectivity index (χ0n) is 8.13. The number of aliphatic hydroxyl groups is 3. The highest BCUT2D eigenvalue weighted by molar-refractivity contribution is 4.65. The van der Waals surface area contributed by atoms with E-state index in [0.29, 0.717) is 6.61 Å². The van der Waals surface area contributed by atoms with Crippen LogP contribution in [0.2, 0.25) is 0 Å². The molecule has 0 fully saturated rings. The number of aliphatic hydroxyl groups excluding tert-OH is 3. The zero-order valence-corrected chi connectivity index (χ0v) is 8.13. The van der Waals surface area contributed by atoms with Crippen LogP contribution in [0.4, 0.5) is 0 Å². The molecule has 0 aromatic heterocycles. The molecule has 0 spiro atoms. The van der Waals surface area contributed by atoms with E-state index in [1.54, 1.807) is 6.08 Å². The van der Waals surface area contributed by atoms with Gasteiger partial charge >= 0.3 is 0 Å². The van der Waals surface area contributed by atoms with Gasteiger partial charge in [-0.3, -0.25) is 0 Å². The first-order chi connectivity index (χ1) is 6.74. The van der Waals surface area contributed by atoms with E-state index in [0.717, 1.165) is 0 Å². The lowest BCUT2D eigenvalue weighted by molar-refractivity contribution is -0.0699. The maximum absolute atomic E-state index is 9.27. The Hall–Kier alpha value is -0.460. The van der Waals surface area contributed by atoms with E-state index in [2.05, 4.69) is 6.58 Å². The van der Waals surface area contributed by atoms with E-state index in [9.17, 15) is 5.11 Å². The van der Waals surface area contributed by atoms with Crippen LogP contribution in [0.3, 0.4) is 0 Å². The van der Waals surface area contributed by atoms with Crippen LogP contribution in [0.1, 0.15) is 0 Å². The summed E-state index contributed by atoms with van der Waals surface area (Å²) in [5, 5.41) is 26.6. The van der Waals surface area contributed by atoms with E-state index in [-0.39, 0.29) is 26.4 Å². The van der Waals surface area contributed by atoms with Crippen LogP contribution in [-0.2, 0) is 9.47 Å². The van der Waals surface area contributed by atoms with Gasteiger partial charge in [-0.1, -0.05) is 6.08 Å². The molecule has 0 aliphatic heterocycles. The molecule has 5 heteroatoms. The van der Waals surface area contributed by atoms with Gasteiger partial charge in [-0.2, -0.15) is 0 Å². The van der Waals surface area contributed by atoms with Gasteiger partial charge in [0.15, 0.2) is 0 Å². The van der Waals surface area contributed by atoms with Gasteiger partial charge in [0, 0.05) is 0 Å². The van der Waals surface area contributed by atoms with Crippen LogP contribution < -0.4 is 0 Å². The maximum Gasteiger partial charge on any atom is 0.104 e. The Morgan fingerprint density at radius 3 is 2.36 bits per heavy atom. The van der Waals surface area contributed by atoms with Crippen molar-refractivity contribution in [1.29, 1.82) is 0 Å². The number of rotatable bonds is 9. The van der Waals surface area contributed by atoms with Crippen molar-refractivity contribution in [3.05, 3.63) is 12.7 Å². The summed E-state index contributed by atoms with van der Waals surface area (Å²) in [7, 11) is 0. The average Bonchev–Trinajstić information content (AvgIpc) is 2.20. The summed E-state index contributed by atoms with van der Waals surface area (Å²) >= 11 is 0. The second-order valence-corrected chi connectivity index (χ2v) is 2.80. The van der Waals surface area contributed by atoms with Crippen LogP contribution in [0.5, 0.6) is 0 Å². The molecule has 84 valence electrons. The molecule has 0 aromatic carbocycles. The summed E-state index contributed by atoms with van der Waals surface area (Å²) in [5.74, 6) is 0. The maximum atomic E-state index is 9.27. The molecule has 3 N–H and O–H groups in total. The van der Waals surface area contributed by atoms with Crippen molar-refractivity contribution < 1.29 is 24.8 Å². The largest absolute Gasteiger partial charge is 0.394 e. The third kappa shape index (κ3) is 6.99. The topological polar surface area (TPSA) is 79.2 Å². The first kappa shape index (κ1) is 13.5. The second kappa shape index (κ2) is 9.11. The normalized spacial score (nSPS) is 13.1. The number of hydrogen-bond donors (Lipinski definition) is 3. The van der Waals surface area contributed by atoms with E-state index in [4.69, 9.17) is 19.7 Å². The molecule has 1 unspecified atom stereocenters. The standard InChI is InChI=1S/C9H18O5/c1-2-3-13-6-8(12)7-14-9(4-10)5-11/h2,8-12H,1,3-7H2. The number of ether oxygens (including phenoxy) is 2. The fraction of sp³-hybridized carbons (Fsp3) is 0.778. The van der Waals surface area contributed by atoms with Gasteiger partial charge < -0.3 is 24.8 Å². The van der Waals surface area contributed by atoms with Crippen molar-refractivity contribution in [3.8, 4) is 0 Å². The quantitative estimate of drug-likeness (QED) is 0.330. The minimum atomic E-state index is -0.754. The molecule has 0 saturated heterocycles. The molecule has 0 rings (SSSR count). The van der Waals surface area contributed by atoms with Crippen molar-refractivity contribution in [1.82, 2.24) is 0 Å². The summed E-state index contributed by atoms with van der Waals surface area (Å²) < 4.78 is 9.95. The van der Waals surface area contributed by atoms with Crippen LogP contribution in [0.15, 0.2) is 12.7 Å². The van der Waals surface area contributed by atoms with Crippen molar-refractivity contribution >= 4 is 0 Å². The molecule has 0 heterocycles. The highest BCUT2D eigenvalue weighted by Gasteiger charge is 2.10. The molecule has 0 saturated carbocycles. The predicted octanol–water partition coefficient (Wildman–Crippen LogP) is -1.08. The fourth-order valence-corrected chi connectivity index (χ4v) is 0.746. The molecule has 0 amide bonds. The van der Waals surface area contributed by atoms with E-state index in [1.165, 1.54) is 0 Å². The average molecular weight is 206 g/mol. The molecule has 0 radical (unpaired) electrons. The summed E-state index contributed by atoms with van der Waals surface area (Å²) in [6.45, 7) is 3.47.